The van der Waals surface area contributed by atoms with Crippen molar-refractivity contribution in [3.8, 4) is 0 Å². The topological polar surface area (TPSA) is 84.0 Å². The molecule has 0 bridgehead atoms. The maximum atomic E-state index is 12.3. The average Bonchev–Trinajstić information content (AvgIpc) is 2.65. The number of carbonyl (C=O) groups excluding carboxylic acids is 2. The van der Waals surface area contributed by atoms with Crippen LogP contribution in [0.15, 0.2) is 54.9 Å². The van der Waals surface area contributed by atoms with E-state index < -0.39 is 0 Å². The molecule has 0 spiro atoms. The number of anilines is 3. The van der Waals surface area contributed by atoms with Crippen molar-refractivity contribution in [1.29, 1.82) is 0 Å². The van der Waals surface area contributed by atoms with Gasteiger partial charge in [0.1, 0.15) is 11.5 Å². The van der Waals surface area contributed by atoms with Gasteiger partial charge in [0, 0.05) is 16.9 Å². The lowest BCUT2D eigenvalue weighted by Crippen LogP contribution is -2.14. The van der Waals surface area contributed by atoms with Gasteiger partial charge in [-0.1, -0.05) is 12.1 Å². The van der Waals surface area contributed by atoms with E-state index in [9.17, 15) is 9.59 Å². The molecular formula is C21H20N4O2. The fourth-order valence-corrected chi connectivity index (χ4v) is 2.50. The minimum atomic E-state index is -0.364. The zero-order chi connectivity index (χ0) is 19.4. The predicted octanol–water partition coefficient (Wildman–Crippen LogP) is 4.29. The summed E-state index contributed by atoms with van der Waals surface area (Å²) in [6, 6.07) is 12.8. The minimum absolute atomic E-state index is 0.0225. The van der Waals surface area contributed by atoms with Crippen molar-refractivity contribution < 1.29 is 9.59 Å². The maximum Gasteiger partial charge on any atom is 0.275 e. The molecule has 0 aliphatic rings. The van der Waals surface area contributed by atoms with Crippen molar-refractivity contribution in [3.05, 3.63) is 77.2 Å². The van der Waals surface area contributed by atoms with E-state index in [1.165, 1.54) is 19.3 Å². The number of nitrogens with one attached hydrogen (secondary N) is 2. The summed E-state index contributed by atoms with van der Waals surface area (Å²) < 4.78 is 0. The van der Waals surface area contributed by atoms with Gasteiger partial charge in [0.15, 0.2) is 5.78 Å². The van der Waals surface area contributed by atoms with Crippen molar-refractivity contribution in [3.63, 3.8) is 0 Å². The fraction of sp³-hybridized carbons (Fsp3) is 0.143. The third-order valence-corrected chi connectivity index (χ3v) is 4.09. The molecule has 2 aromatic carbocycles. The number of rotatable bonds is 5. The van der Waals surface area contributed by atoms with Crippen molar-refractivity contribution in [2.75, 3.05) is 10.6 Å². The minimum Gasteiger partial charge on any atom is -0.339 e. The van der Waals surface area contributed by atoms with E-state index in [2.05, 4.69) is 20.6 Å². The Labute approximate surface area is 157 Å². The van der Waals surface area contributed by atoms with Crippen molar-refractivity contribution >= 4 is 28.9 Å². The van der Waals surface area contributed by atoms with Gasteiger partial charge in [-0.15, -0.1) is 0 Å². The summed E-state index contributed by atoms with van der Waals surface area (Å²) in [5, 5.41) is 5.95. The summed E-state index contributed by atoms with van der Waals surface area (Å²) >= 11 is 0. The highest BCUT2D eigenvalue weighted by Gasteiger charge is 2.10. The number of Topliss-reactive ketones (excluding diaryl/α,β-unsaturated/α-hetero) is 1. The summed E-state index contributed by atoms with van der Waals surface area (Å²) in [6.45, 7) is 5.53. The van der Waals surface area contributed by atoms with Gasteiger partial charge in [0.05, 0.1) is 12.4 Å². The second-order valence-electron chi connectivity index (χ2n) is 6.32. The molecule has 6 heteroatoms. The number of hydrogen-bond donors (Lipinski definition) is 2. The van der Waals surface area contributed by atoms with E-state index in [0.717, 1.165) is 16.8 Å². The molecule has 0 atom stereocenters. The highest BCUT2D eigenvalue weighted by molar-refractivity contribution is 6.03. The van der Waals surface area contributed by atoms with Gasteiger partial charge < -0.3 is 10.6 Å². The summed E-state index contributed by atoms with van der Waals surface area (Å²) in [5.41, 5.74) is 4.57. The number of hydrogen-bond acceptors (Lipinski definition) is 5. The molecule has 0 saturated carbocycles. The van der Waals surface area contributed by atoms with Crippen LogP contribution in [-0.4, -0.2) is 21.7 Å². The number of aryl methyl sites for hydroxylation is 2. The van der Waals surface area contributed by atoms with Crippen LogP contribution in [0.2, 0.25) is 0 Å². The number of carbonyl (C=O) groups is 2. The molecule has 1 aromatic heterocycles. The van der Waals surface area contributed by atoms with Crippen LogP contribution in [0.1, 0.15) is 38.9 Å². The second-order valence-corrected chi connectivity index (χ2v) is 6.32. The summed E-state index contributed by atoms with van der Waals surface area (Å²) in [4.78, 5) is 32.0. The average molecular weight is 360 g/mol. The zero-order valence-corrected chi connectivity index (χ0v) is 15.4. The first-order chi connectivity index (χ1) is 12.9. The van der Waals surface area contributed by atoms with Crippen molar-refractivity contribution in [2.45, 2.75) is 20.8 Å². The third-order valence-electron chi connectivity index (χ3n) is 4.09. The number of benzene rings is 2. The van der Waals surface area contributed by atoms with Crippen LogP contribution in [0, 0.1) is 13.8 Å². The molecule has 0 fully saturated rings. The summed E-state index contributed by atoms with van der Waals surface area (Å²) in [5.74, 6) is 0.174. The smallest absolute Gasteiger partial charge is 0.275 e. The Morgan fingerprint density at radius 1 is 0.926 bits per heavy atom. The molecule has 3 aromatic rings. The molecule has 2 N–H and O–H groups in total. The Morgan fingerprint density at radius 2 is 1.67 bits per heavy atom. The van der Waals surface area contributed by atoms with E-state index in [1.54, 1.807) is 24.3 Å². The highest BCUT2D eigenvalue weighted by atomic mass is 16.2. The first kappa shape index (κ1) is 18.3. The number of nitrogens with zero attached hydrogens (tertiary/aromatic N) is 2. The Bertz CT molecular complexity index is 980. The Hall–Kier alpha value is -3.54. The Balaban J connectivity index is 1.68. The largest absolute Gasteiger partial charge is 0.339 e. The van der Waals surface area contributed by atoms with Gasteiger partial charge in [-0.2, -0.15) is 0 Å². The second kappa shape index (κ2) is 7.78. The molecule has 0 aliphatic heterocycles. The SMILES string of the molecule is CC(=O)c1ccc(NC(=O)c2cnc(Nc3cc(C)ccc3C)cn2)cc1. The van der Waals surface area contributed by atoms with Crippen LogP contribution < -0.4 is 10.6 Å². The first-order valence-electron chi connectivity index (χ1n) is 8.51. The number of ketones is 1. The fourth-order valence-electron chi connectivity index (χ4n) is 2.50. The van der Waals surface area contributed by atoms with Crippen LogP contribution in [0.3, 0.4) is 0 Å². The molecule has 27 heavy (non-hydrogen) atoms. The quantitative estimate of drug-likeness (QED) is 0.663. The summed E-state index contributed by atoms with van der Waals surface area (Å²) in [7, 11) is 0. The molecule has 1 heterocycles. The van der Waals surface area contributed by atoms with Crippen LogP contribution in [0.25, 0.3) is 0 Å². The Kier molecular flexibility index (Phi) is 5.26. The van der Waals surface area contributed by atoms with Gasteiger partial charge in [0.25, 0.3) is 5.91 Å². The van der Waals surface area contributed by atoms with E-state index in [1.807, 2.05) is 32.0 Å². The van der Waals surface area contributed by atoms with Crippen LogP contribution in [0.4, 0.5) is 17.2 Å². The van der Waals surface area contributed by atoms with Gasteiger partial charge in [-0.25, -0.2) is 9.97 Å². The third kappa shape index (κ3) is 4.55. The first-order valence-corrected chi connectivity index (χ1v) is 8.51. The van der Waals surface area contributed by atoms with Crippen molar-refractivity contribution in [2.24, 2.45) is 0 Å². The Morgan fingerprint density at radius 3 is 2.30 bits per heavy atom. The van der Waals surface area contributed by atoms with Gasteiger partial charge in [0.2, 0.25) is 0 Å². The lowest BCUT2D eigenvalue weighted by Gasteiger charge is -2.10. The molecule has 6 nitrogen and oxygen atoms in total. The van der Waals surface area contributed by atoms with Gasteiger partial charge >= 0.3 is 0 Å². The molecule has 0 unspecified atom stereocenters. The summed E-state index contributed by atoms with van der Waals surface area (Å²) in [6.07, 6.45) is 2.95. The van der Waals surface area contributed by atoms with E-state index >= 15 is 0 Å². The van der Waals surface area contributed by atoms with Gasteiger partial charge in [-0.05, 0) is 62.2 Å². The molecule has 3 rings (SSSR count). The molecule has 1 amide bonds. The molecule has 136 valence electrons. The van der Waals surface area contributed by atoms with Crippen molar-refractivity contribution in [1.82, 2.24) is 9.97 Å². The zero-order valence-electron chi connectivity index (χ0n) is 15.4. The van der Waals surface area contributed by atoms with E-state index in [0.29, 0.717) is 17.1 Å². The van der Waals surface area contributed by atoms with Crippen LogP contribution in [0.5, 0.6) is 0 Å². The monoisotopic (exact) mass is 360 g/mol. The predicted molar refractivity (Wildman–Crippen MR) is 106 cm³/mol. The molecule has 0 saturated heterocycles. The molecule has 0 aliphatic carbocycles. The molecule has 0 radical (unpaired) electrons. The van der Waals surface area contributed by atoms with E-state index in [-0.39, 0.29) is 17.4 Å². The van der Waals surface area contributed by atoms with Crippen LogP contribution >= 0.6 is 0 Å². The number of aromatic nitrogens is 2. The van der Waals surface area contributed by atoms with Crippen LogP contribution in [-0.2, 0) is 0 Å². The lowest BCUT2D eigenvalue weighted by molar-refractivity contribution is 0.101. The standard InChI is InChI=1S/C21H20N4O2/c1-13-4-5-14(2)18(10-13)25-20-12-22-19(11-23-20)21(27)24-17-8-6-16(7-9-17)15(3)26/h4-12H,1-3H3,(H,23,25)(H,24,27). The van der Waals surface area contributed by atoms with E-state index in [4.69, 9.17) is 0 Å². The van der Waals surface area contributed by atoms with Gasteiger partial charge in [-0.3, -0.25) is 9.59 Å². The molecular weight excluding hydrogens is 340 g/mol. The maximum absolute atomic E-state index is 12.3. The lowest BCUT2D eigenvalue weighted by atomic mass is 10.1. The normalized spacial score (nSPS) is 10.3. The highest BCUT2D eigenvalue weighted by Crippen LogP contribution is 2.20. The number of amides is 1.